The molecule has 1 unspecified atom stereocenters. The van der Waals surface area contributed by atoms with Crippen molar-refractivity contribution in [1.82, 2.24) is 5.32 Å². The van der Waals surface area contributed by atoms with Gasteiger partial charge in [0, 0.05) is 13.7 Å². The first-order valence-corrected chi connectivity index (χ1v) is 7.86. The number of halogens is 1. The Labute approximate surface area is 129 Å². The summed E-state index contributed by atoms with van der Waals surface area (Å²) in [4.78, 5) is 0. The molecule has 0 fully saturated rings. The number of benzene rings is 1. The Hall–Kier alpha value is -0.930. The summed E-state index contributed by atoms with van der Waals surface area (Å²) in [6.45, 7) is 10.3. The molecule has 0 aromatic heterocycles. The molecule has 1 rings (SSSR count). The zero-order valence-corrected chi connectivity index (χ0v) is 14.1. The van der Waals surface area contributed by atoms with Crippen molar-refractivity contribution < 1.29 is 9.13 Å². The van der Waals surface area contributed by atoms with Crippen LogP contribution in [0.15, 0.2) is 24.3 Å². The lowest BCUT2D eigenvalue weighted by Crippen LogP contribution is -2.28. The molecule has 0 saturated heterocycles. The van der Waals surface area contributed by atoms with Crippen LogP contribution in [0.3, 0.4) is 0 Å². The topological polar surface area (TPSA) is 21.3 Å². The molecule has 0 bridgehead atoms. The zero-order valence-electron chi connectivity index (χ0n) is 14.1. The van der Waals surface area contributed by atoms with E-state index in [-0.39, 0.29) is 17.3 Å². The van der Waals surface area contributed by atoms with Gasteiger partial charge in [0.2, 0.25) is 0 Å². The van der Waals surface area contributed by atoms with Crippen molar-refractivity contribution in [3.63, 3.8) is 0 Å². The van der Waals surface area contributed by atoms with Crippen LogP contribution in [-0.4, -0.2) is 25.8 Å². The molecular formula is C18H30FNO. The molecule has 0 aliphatic heterocycles. The third-order valence-electron chi connectivity index (χ3n) is 3.94. The van der Waals surface area contributed by atoms with E-state index in [9.17, 15) is 4.39 Å². The summed E-state index contributed by atoms with van der Waals surface area (Å²) in [6, 6.07) is 7.11. The molecule has 0 heterocycles. The second-order valence-corrected chi connectivity index (χ2v) is 6.77. The third kappa shape index (κ3) is 6.58. The highest BCUT2D eigenvalue weighted by molar-refractivity contribution is 5.22. The van der Waals surface area contributed by atoms with E-state index < -0.39 is 0 Å². The second-order valence-electron chi connectivity index (χ2n) is 6.77. The average Bonchev–Trinajstić information content (AvgIpc) is 2.43. The van der Waals surface area contributed by atoms with Crippen LogP contribution in [0.4, 0.5) is 4.39 Å². The molecule has 1 aromatic carbocycles. The van der Waals surface area contributed by atoms with Crippen molar-refractivity contribution in [3.8, 4) is 0 Å². The predicted molar refractivity (Wildman–Crippen MR) is 87.2 cm³/mol. The minimum atomic E-state index is -0.165. The Balaban J connectivity index is 2.73. The molecule has 0 spiro atoms. The highest BCUT2D eigenvalue weighted by Crippen LogP contribution is 2.27. The second kappa shape index (κ2) is 8.50. The molecule has 120 valence electrons. The van der Waals surface area contributed by atoms with Gasteiger partial charge in [-0.3, -0.25) is 0 Å². The summed E-state index contributed by atoms with van der Waals surface area (Å²) in [7, 11) is 1.73. The lowest BCUT2D eigenvalue weighted by Gasteiger charge is -2.26. The van der Waals surface area contributed by atoms with E-state index in [0.717, 1.165) is 31.5 Å². The normalized spacial score (nSPS) is 13.7. The van der Waals surface area contributed by atoms with Crippen LogP contribution in [-0.2, 0) is 4.74 Å². The van der Waals surface area contributed by atoms with Crippen LogP contribution in [0, 0.1) is 11.7 Å². The maximum Gasteiger partial charge on any atom is 0.126 e. The lowest BCUT2D eigenvalue weighted by atomic mass is 9.89. The lowest BCUT2D eigenvalue weighted by molar-refractivity contribution is 0.0123. The highest BCUT2D eigenvalue weighted by Gasteiger charge is 2.21. The van der Waals surface area contributed by atoms with Crippen LogP contribution in [0.5, 0.6) is 0 Å². The van der Waals surface area contributed by atoms with Crippen LogP contribution >= 0.6 is 0 Å². The van der Waals surface area contributed by atoms with E-state index in [4.69, 9.17) is 4.74 Å². The van der Waals surface area contributed by atoms with Gasteiger partial charge < -0.3 is 10.1 Å². The molecule has 21 heavy (non-hydrogen) atoms. The summed E-state index contributed by atoms with van der Waals surface area (Å²) < 4.78 is 19.6. The number of methoxy groups -OCH3 is 1. The van der Waals surface area contributed by atoms with Crippen molar-refractivity contribution in [2.24, 2.45) is 5.92 Å². The van der Waals surface area contributed by atoms with Gasteiger partial charge >= 0.3 is 0 Å². The first-order valence-electron chi connectivity index (χ1n) is 7.86. The fraction of sp³-hybridized carbons (Fsp3) is 0.667. The Morgan fingerprint density at radius 2 is 1.86 bits per heavy atom. The average molecular weight is 295 g/mol. The predicted octanol–water partition coefficient (Wildman–Crippen LogP) is 4.36. The fourth-order valence-corrected chi connectivity index (χ4v) is 2.34. The van der Waals surface area contributed by atoms with Crippen LogP contribution < -0.4 is 5.32 Å². The van der Waals surface area contributed by atoms with Gasteiger partial charge in [-0.1, -0.05) is 32.0 Å². The van der Waals surface area contributed by atoms with E-state index >= 15 is 0 Å². The van der Waals surface area contributed by atoms with E-state index in [1.165, 1.54) is 0 Å². The number of rotatable bonds is 9. The summed E-state index contributed by atoms with van der Waals surface area (Å²) in [5, 5.41) is 3.46. The SMILES string of the molecule is COC(C)(C)CCC(CNCC(C)C)c1ccccc1F. The Kier molecular flexibility index (Phi) is 7.33. The minimum Gasteiger partial charge on any atom is -0.379 e. The zero-order chi connectivity index (χ0) is 15.9. The van der Waals surface area contributed by atoms with E-state index in [2.05, 4.69) is 33.0 Å². The van der Waals surface area contributed by atoms with Gasteiger partial charge in [0.1, 0.15) is 5.82 Å². The Morgan fingerprint density at radius 3 is 2.43 bits per heavy atom. The number of hydrogen-bond acceptors (Lipinski definition) is 2. The number of nitrogens with one attached hydrogen (secondary N) is 1. The Bertz CT molecular complexity index is 417. The maximum atomic E-state index is 14.1. The minimum absolute atomic E-state index is 0.107. The summed E-state index contributed by atoms with van der Waals surface area (Å²) in [5.41, 5.74) is 0.641. The fourth-order valence-electron chi connectivity index (χ4n) is 2.34. The van der Waals surface area contributed by atoms with Gasteiger partial charge in [0.05, 0.1) is 5.60 Å². The van der Waals surface area contributed by atoms with Crippen LogP contribution in [0.25, 0.3) is 0 Å². The van der Waals surface area contributed by atoms with E-state index in [1.54, 1.807) is 19.2 Å². The van der Waals surface area contributed by atoms with Crippen molar-refractivity contribution in [2.75, 3.05) is 20.2 Å². The smallest absolute Gasteiger partial charge is 0.126 e. The molecule has 3 heteroatoms. The molecule has 1 N–H and O–H groups in total. The van der Waals surface area contributed by atoms with Crippen LogP contribution in [0.1, 0.15) is 52.0 Å². The molecule has 1 atom stereocenters. The maximum absolute atomic E-state index is 14.1. The Morgan fingerprint density at radius 1 is 1.19 bits per heavy atom. The summed E-state index contributed by atoms with van der Waals surface area (Å²) in [6.07, 6.45) is 1.82. The van der Waals surface area contributed by atoms with E-state index in [0.29, 0.717) is 5.92 Å². The number of ether oxygens (including phenoxy) is 1. The van der Waals surface area contributed by atoms with Crippen molar-refractivity contribution >= 4 is 0 Å². The molecule has 0 amide bonds. The monoisotopic (exact) mass is 295 g/mol. The van der Waals surface area contributed by atoms with Crippen LogP contribution in [0.2, 0.25) is 0 Å². The summed E-state index contributed by atoms with van der Waals surface area (Å²) >= 11 is 0. The molecule has 0 aliphatic rings. The molecule has 0 saturated carbocycles. The molecule has 1 aromatic rings. The van der Waals surface area contributed by atoms with Gasteiger partial charge in [0.25, 0.3) is 0 Å². The van der Waals surface area contributed by atoms with Gasteiger partial charge in [-0.2, -0.15) is 0 Å². The van der Waals surface area contributed by atoms with Crippen molar-refractivity contribution in [2.45, 2.75) is 52.1 Å². The highest BCUT2D eigenvalue weighted by atomic mass is 19.1. The van der Waals surface area contributed by atoms with Gasteiger partial charge in [-0.15, -0.1) is 0 Å². The van der Waals surface area contributed by atoms with Gasteiger partial charge in [-0.25, -0.2) is 4.39 Å². The standard InChI is InChI=1S/C18H30FNO/c1-14(2)12-20-13-15(10-11-18(3,4)21-5)16-8-6-7-9-17(16)19/h6-9,14-15,20H,10-13H2,1-5H3. The van der Waals surface area contributed by atoms with Crippen molar-refractivity contribution in [3.05, 3.63) is 35.6 Å². The van der Waals surface area contributed by atoms with E-state index in [1.807, 2.05) is 12.1 Å². The molecule has 2 nitrogen and oxygen atoms in total. The number of hydrogen-bond donors (Lipinski definition) is 1. The quantitative estimate of drug-likeness (QED) is 0.731. The largest absolute Gasteiger partial charge is 0.379 e. The first-order chi connectivity index (χ1) is 9.85. The van der Waals surface area contributed by atoms with Crippen molar-refractivity contribution in [1.29, 1.82) is 0 Å². The molecular weight excluding hydrogens is 265 g/mol. The van der Waals surface area contributed by atoms with Gasteiger partial charge in [-0.05, 0) is 56.7 Å². The first kappa shape index (κ1) is 18.1. The molecule has 0 aliphatic carbocycles. The van der Waals surface area contributed by atoms with Gasteiger partial charge in [0.15, 0.2) is 0 Å². The summed E-state index contributed by atoms with van der Waals surface area (Å²) in [5.74, 6) is 0.671. The third-order valence-corrected chi connectivity index (χ3v) is 3.94. The molecule has 0 radical (unpaired) electrons.